The minimum Gasteiger partial charge on any atom is -0.102 e. The molecule has 0 aromatic heterocycles. The van der Waals surface area contributed by atoms with Gasteiger partial charge in [-0.1, -0.05) is 89.8 Å². The fourth-order valence-electron chi connectivity index (χ4n) is 4.00. The van der Waals surface area contributed by atoms with Gasteiger partial charge in [-0.3, -0.25) is 0 Å². The van der Waals surface area contributed by atoms with E-state index in [2.05, 4.69) is 64.1 Å². The van der Waals surface area contributed by atoms with Crippen LogP contribution < -0.4 is 0 Å². The van der Waals surface area contributed by atoms with Crippen molar-refractivity contribution in [2.24, 2.45) is 0 Å². The van der Waals surface area contributed by atoms with Gasteiger partial charge in [-0.2, -0.15) is 0 Å². The van der Waals surface area contributed by atoms with Crippen molar-refractivity contribution in [1.82, 2.24) is 0 Å². The second kappa shape index (κ2) is 12.1. The Labute approximate surface area is 164 Å². The average molecular weight is 389 g/mol. The lowest BCUT2D eigenvalue weighted by atomic mass is 10.0. The molecule has 2 aromatic rings. The number of benzene rings is 2. The summed E-state index contributed by atoms with van der Waals surface area (Å²) in [6.07, 6.45) is 13.7. The SMILES string of the molecule is CCCP(CCC)Cc1cccc2c(CP(CCC)CCC)cccc12. The Morgan fingerprint density at radius 2 is 0.885 bits per heavy atom. The van der Waals surface area contributed by atoms with Crippen LogP contribution in [0, 0.1) is 0 Å². The zero-order chi connectivity index (χ0) is 18.8. The minimum atomic E-state index is 0.156. The fraction of sp³-hybridized carbons (Fsp3) is 0.583. The third kappa shape index (κ3) is 6.32. The third-order valence-corrected chi connectivity index (χ3v) is 10.9. The summed E-state index contributed by atoms with van der Waals surface area (Å²) >= 11 is 0. The highest BCUT2D eigenvalue weighted by atomic mass is 31.1. The lowest BCUT2D eigenvalue weighted by Crippen LogP contribution is -1.97. The first-order valence-electron chi connectivity index (χ1n) is 10.7. The van der Waals surface area contributed by atoms with Crippen LogP contribution >= 0.6 is 15.8 Å². The molecule has 2 aromatic carbocycles. The summed E-state index contributed by atoms with van der Waals surface area (Å²) in [5, 5.41) is 3.07. The summed E-state index contributed by atoms with van der Waals surface area (Å²) in [4.78, 5) is 0. The lowest BCUT2D eigenvalue weighted by Gasteiger charge is -2.20. The van der Waals surface area contributed by atoms with Gasteiger partial charge in [0.1, 0.15) is 0 Å². The molecule has 0 unspecified atom stereocenters. The zero-order valence-electron chi connectivity index (χ0n) is 17.4. The smallest absolute Gasteiger partial charge is 0.00669 e. The maximum absolute atomic E-state index is 2.40. The van der Waals surface area contributed by atoms with Gasteiger partial charge < -0.3 is 0 Å². The number of hydrogen-bond donors (Lipinski definition) is 0. The average Bonchev–Trinajstić information content (AvgIpc) is 2.63. The molecule has 0 N–H and O–H groups in total. The monoisotopic (exact) mass is 388 g/mol. The standard InChI is InChI=1S/C24H38P2/c1-5-15-25(16-6-2)19-21-11-9-14-24-22(12-10-13-23(21)24)20-26(17-7-3)18-8-4/h9-14H,5-8,15-20H2,1-4H3. The molecule has 0 aliphatic carbocycles. The second-order valence-corrected chi connectivity index (χ2v) is 12.6. The van der Waals surface area contributed by atoms with Gasteiger partial charge in [0, 0.05) is 0 Å². The molecule has 0 radical (unpaired) electrons. The highest BCUT2D eigenvalue weighted by molar-refractivity contribution is 7.57. The number of rotatable bonds is 12. The Bertz CT molecular complexity index is 580. The molecule has 0 fully saturated rings. The Balaban J connectivity index is 2.29. The van der Waals surface area contributed by atoms with Crippen LogP contribution in [-0.2, 0) is 12.3 Å². The van der Waals surface area contributed by atoms with Crippen molar-refractivity contribution in [1.29, 1.82) is 0 Å². The molecule has 0 heterocycles. The molecule has 0 bridgehead atoms. The summed E-state index contributed by atoms with van der Waals surface area (Å²) in [5.41, 5.74) is 3.21. The van der Waals surface area contributed by atoms with Crippen LogP contribution in [0.25, 0.3) is 10.8 Å². The molecule has 144 valence electrons. The van der Waals surface area contributed by atoms with Gasteiger partial charge in [-0.25, -0.2) is 0 Å². The highest BCUT2D eigenvalue weighted by Crippen LogP contribution is 2.45. The summed E-state index contributed by atoms with van der Waals surface area (Å²) in [5.74, 6) is 0. The molecule has 0 spiro atoms. The predicted octanol–water partition coefficient (Wildman–Crippen LogP) is 8.44. The maximum atomic E-state index is 2.40. The van der Waals surface area contributed by atoms with Gasteiger partial charge in [0.25, 0.3) is 0 Å². The van der Waals surface area contributed by atoms with Crippen LogP contribution in [0.5, 0.6) is 0 Å². The molecular weight excluding hydrogens is 350 g/mol. The molecule has 2 heteroatoms. The van der Waals surface area contributed by atoms with Gasteiger partial charge in [-0.05, 0) is 58.9 Å². The zero-order valence-corrected chi connectivity index (χ0v) is 19.2. The van der Waals surface area contributed by atoms with E-state index in [9.17, 15) is 0 Å². The van der Waals surface area contributed by atoms with Crippen LogP contribution in [0.4, 0.5) is 0 Å². The van der Waals surface area contributed by atoms with Crippen LogP contribution in [0.2, 0.25) is 0 Å². The van der Waals surface area contributed by atoms with E-state index >= 15 is 0 Å². The topological polar surface area (TPSA) is 0 Å². The molecule has 2 rings (SSSR count). The van der Waals surface area contributed by atoms with Crippen molar-refractivity contribution in [2.75, 3.05) is 24.6 Å². The van der Waals surface area contributed by atoms with Crippen molar-refractivity contribution < 1.29 is 0 Å². The Kier molecular flexibility index (Phi) is 10.2. The molecule has 0 amide bonds. The van der Waals surface area contributed by atoms with Crippen LogP contribution in [0.3, 0.4) is 0 Å². The van der Waals surface area contributed by atoms with Crippen molar-refractivity contribution in [2.45, 2.75) is 65.7 Å². The fourth-order valence-corrected chi connectivity index (χ4v) is 9.13. The van der Waals surface area contributed by atoms with Crippen molar-refractivity contribution >= 4 is 26.6 Å². The lowest BCUT2D eigenvalue weighted by molar-refractivity contribution is 1.04. The van der Waals surface area contributed by atoms with Crippen molar-refractivity contribution in [3.63, 3.8) is 0 Å². The number of hydrogen-bond acceptors (Lipinski definition) is 0. The van der Waals surface area contributed by atoms with Gasteiger partial charge >= 0.3 is 0 Å². The van der Waals surface area contributed by atoms with Crippen LogP contribution in [0.1, 0.15) is 64.5 Å². The van der Waals surface area contributed by atoms with Crippen LogP contribution in [-0.4, -0.2) is 24.6 Å². The molecule has 0 saturated heterocycles. The Morgan fingerprint density at radius 3 is 1.19 bits per heavy atom. The second-order valence-electron chi connectivity index (χ2n) is 7.48. The normalized spacial score (nSPS) is 11.8. The van der Waals surface area contributed by atoms with Gasteiger partial charge in [0.15, 0.2) is 0 Å². The summed E-state index contributed by atoms with van der Waals surface area (Å²) in [6, 6.07) is 14.2. The summed E-state index contributed by atoms with van der Waals surface area (Å²) < 4.78 is 0. The highest BCUT2D eigenvalue weighted by Gasteiger charge is 2.13. The Hall–Kier alpha value is -0.440. The largest absolute Gasteiger partial charge is 0.102 e. The van der Waals surface area contributed by atoms with Crippen molar-refractivity contribution in [3.05, 3.63) is 47.5 Å². The molecule has 0 saturated carbocycles. The van der Waals surface area contributed by atoms with Crippen LogP contribution in [0.15, 0.2) is 36.4 Å². The van der Waals surface area contributed by atoms with E-state index in [1.165, 1.54) is 73.4 Å². The molecule has 0 nitrogen and oxygen atoms in total. The quantitative estimate of drug-likeness (QED) is 0.320. The van der Waals surface area contributed by atoms with E-state index in [-0.39, 0.29) is 15.8 Å². The predicted molar refractivity (Wildman–Crippen MR) is 126 cm³/mol. The molecular formula is C24H38P2. The maximum Gasteiger partial charge on any atom is -0.00669 e. The molecule has 0 aliphatic heterocycles. The van der Waals surface area contributed by atoms with Gasteiger partial charge in [-0.15, -0.1) is 15.8 Å². The van der Waals surface area contributed by atoms with E-state index in [0.29, 0.717) is 0 Å². The molecule has 0 aliphatic rings. The van der Waals surface area contributed by atoms with E-state index in [0.717, 1.165) is 0 Å². The first-order chi connectivity index (χ1) is 12.7. The first kappa shape index (κ1) is 21.9. The van der Waals surface area contributed by atoms with Crippen molar-refractivity contribution in [3.8, 4) is 0 Å². The Morgan fingerprint density at radius 1 is 0.538 bits per heavy atom. The molecule has 0 atom stereocenters. The summed E-state index contributed by atoms with van der Waals surface area (Å²) in [6.45, 7) is 9.37. The van der Waals surface area contributed by atoms with E-state index in [4.69, 9.17) is 0 Å². The number of fused-ring (bicyclic) bond motifs is 1. The van der Waals surface area contributed by atoms with E-state index < -0.39 is 0 Å². The van der Waals surface area contributed by atoms with Gasteiger partial charge in [0.05, 0.1) is 0 Å². The third-order valence-electron chi connectivity index (χ3n) is 5.05. The van der Waals surface area contributed by atoms with E-state index in [1.807, 2.05) is 0 Å². The summed E-state index contributed by atoms with van der Waals surface area (Å²) in [7, 11) is 0.312. The van der Waals surface area contributed by atoms with Gasteiger partial charge in [0.2, 0.25) is 0 Å². The van der Waals surface area contributed by atoms with E-state index in [1.54, 1.807) is 11.1 Å². The minimum absolute atomic E-state index is 0.156. The molecule has 26 heavy (non-hydrogen) atoms. The first-order valence-corrected chi connectivity index (χ1v) is 14.5.